The van der Waals surface area contributed by atoms with Gasteiger partial charge in [0.1, 0.15) is 0 Å². The first-order valence-electron chi connectivity index (χ1n) is 7.86. The van der Waals surface area contributed by atoms with Crippen molar-refractivity contribution in [1.29, 1.82) is 0 Å². The van der Waals surface area contributed by atoms with Crippen LogP contribution in [0.5, 0.6) is 0 Å². The molecule has 21 heavy (non-hydrogen) atoms. The molecule has 2 bridgehead atoms. The molecule has 0 amide bonds. The van der Waals surface area contributed by atoms with Gasteiger partial charge in [-0.2, -0.15) is 11.8 Å². The molecule has 2 heterocycles. The largest absolute Gasteiger partial charge is 0.300 e. The van der Waals surface area contributed by atoms with E-state index < -0.39 is 0 Å². The molecule has 2 aliphatic heterocycles. The van der Waals surface area contributed by atoms with E-state index in [1.807, 2.05) is 6.07 Å². The number of thioether (sulfide) groups is 1. The molecule has 1 aromatic carbocycles. The molecule has 2 saturated heterocycles. The molecule has 1 nitrogen and oxygen atoms in total. The average Bonchev–Trinajstić information content (AvgIpc) is 2.72. The van der Waals surface area contributed by atoms with Crippen molar-refractivity contribution in [1.82, 2.24) is 4.90 Å². The van der Waals surface area contributed by atoms with Crippen molar-refractivity contribution in [3.05, 3.63) is 33.8 Å². The summed E-state index contributed by atoms with van der Waals surface area (Å²) >= 11 is 14.4. The van der Waals surface area contributed by atoms with E-state index in [4.69, 9.17) is 23.2 Å². The summed E-state index contributed by atoms with van der Waals surface area (Å²) in [6.07, 6.45) is 3.97. The first-order chi connectivity index (χ1) is 10.1. The zero-order valence-electron chi connectivity index (χ0n) is 12.7. The molecular formula is C17H23Cl2NS. The number of nitrogens with zero attached hydrogens (tertiary/aromatic N) is 1. The number of hydrogen-bond donors (Lipinski definition) is 0. The first-order valence-corrected chi connectivity index (χ1v) is 9.77. The Bertz CT molecular complexity index is 508. The number of rotatable bonds is 4. The molecule has 116 valence electrons. The fraction of sp³-hybridized carbons (Fsp3) is 0.647. The highest BCUT2D eigenvalue weighted by Gasteiger charge is 2.45. The molecule has 4 heteroatoms. The monoisotopic (exact) mass is 343 g/mol. The van der Waals surface area contributed by atoms with Crippen molar-refractivity contribution in [2.45, 2.75) is 44.2 Å². The standard InChI is InChI=1S/C17H23Cl2NS/c1-3-21-10-14-13(9-12-5-7-17(14)20(12)2)11-4-6-15(18)16(19)8-11/h4,6,8,12-14,17H,3,5,7,9-10H2,1-2H3/t12-,13?,14?,17+/m0/s1. The summed E-state index contributed by atoms with van der Waals surface area (Å²) in [6.45, 7) is 2.25. The van der Waals surface area contributed by atoms with Crippen LogP contribution < -0.4 is 0 Å². The second kappa shape index (κ2) is 6.70. The van der Waals surface area contributed by atoms with Crippen molar-refractivity contribution in [2.75, 3.05) is 18.6 Å². The minimum absolute atomic E-state index is 0.632. The van der Waals surface area contributed by atoms with Crippen LogP contribution >= 0.6 is 35.0 Å². The topological polar surface area (TPSA) is 3.24 Å². The van der Waals surface area contributed by atoms with Crippen LogP contribution in [0, 0.1) is 5.92 Å². The van der Waals surface area contributed by atoms with Crippen molar-refractivity contribution < 1.29 is 0 Å². The Labute approximate surface area is 142 Å². The van der Waals surface area contributed by atoms with Crippen LogP contribution in [0.25, 0.3) is 0 Å². The summed E-state index contributed by atoms with van der Waals surface area (Å²) in [4.78, 5) is 2.63. The quantitative estimate of drug-likeness (QED) is 0.728. The Hall–Kier alpha value is 0.110. The third kappa shape index (κ3) is 3.10. The fourth-order valence-electron chi connectivity index (χ4n) is 4.18. The molecule has 0 aromatic heterocycles. The van der Waals surface area contributed by atoms with Gasteiger partial charge >= 0.3 is 0 Å². The predicted octanol–water partition coefficient (Wildman–Crippen LogP) is 5.31. The normalized spacial score (nSPS) is 32.6. The van der Waals surface area contributed by atoms with Gasteiger partial charge in [-0.05, 0) is 67.3 Å². The van der Waals surface area contributed by atoms with Gasteiger partial charge in [0.05, 0.1) is 10.0 Å². The van der Waals surface area contributed by atoms with Gasteiger partial charge < -0.3 is 4.90 Å². The van der Waals surface area contributed by atoms with Gasteiger partial charge in [-0.25, -0.2) is 0 Å². The molecule has 0 spiro atoms. The summed E-state index contributed by atoms with van der Waals surface area (Å²) < 4.78 is 0. The summed E-state index contributed by atoms with van der Waals surface area (Å²) in [5.74, 6) is 3.82. The highest BCUT2D eigenvalue weighted by molar-refractivity contribution is 7.99. The van der Waals surface area contributed by atoms with E-state index in [9.17, 15) is 0 Å². The van der Waals surface area contributed by atoms with E-state index in [1.165, 1.54) is 36.3 Å². The van der Waals surface area contributed by atoms with Crippen LogP contribution in [-0.4, -0.2) is 35.5 Å². The van der Waals surface area contributed by atoms with Gasteiger partial charge in [-0.1, -0.05) is 36.2 Å². The van der Waals surface area contributed by atoms with Crippen molar-refractivity contribution in [2.24, 2.45) is 5.92 Å². The highest BCUT2D eigenvalue weighted by Crippen LogP contribution is 2.47. The molecular weight excluding hydrogens is 321 g/mol. The number of fused-ring (bicyclic) bond motifs is 2. The lowest BCUT2D eigenvalue weighted by molar-refractivity contribution is 0.112. The number of halogens is 2. The van der Waals surface area contributed by atoms with E-state index in [-0.39, 0.29) is 0 Å². The van der Waals surface area contributed by atoms with Crippen LogP contribution in [0.4, 0.5) is 0 Å². The van der Waals surface area contributed by atoms with E-state index in [0.717, 1.165) is 18.0 Å². The first kappa shape index (κ1) is 16.0. The summed E-state index contributed by atoms with van der Waals surface area (Å²) in [7, 11) is 2.32. The molecule has 3 rings (SSSR count). The minimum Gasteiger partial charge on any atom is -0.300 e. The van der Waals surface area contributed by atoms with Crippen LogP contribution in [0.15, 0.2) is 18.2 Å². The fourth-order valence-corrected chi connectivity index (χ4v) is 5.45. The summed E-state index contributed by atoms with van der Waals surface area (Å²) in [6, 6.07) is 7.74. The van der Waals surface area contributed by atoms with Gasteiger partial charge in [-0.3, -0.25) is 0 Å². The lowest BCUT2D eigenvalue weighted by atomic mass is 9.77. The SMILES string of the molecule is CCSCC1C(c2ccc(Cl)c(Cl)c2)C[C@@H]2CC[C@H]1N2C. The molecule has 1 aromatic rings. The van der Waals surface area contributed by atoms with Gasteiger partial charge in [0.25, 0.3) is 0 Å². The average molecular weight is 344 g/mol. The Balaban J connectivity index is 1.88. The third-order valence-corrected chi connectivity index (χ3v) is 7.09. The van der Waals surface area contributed by atoms with Crippen LogP contribution in [0.2, 0.25) is 10.0 Å². The molecule has 0 radical (unpaired) electrons. The Morgan fingerprint density at radius 3 is 2.76 bits per heavy atom. The van der Waals surface area contributed by atoms with E-state index in [1.54, 1.807) is 0 Å². The van der Waals surface area contributed by atoms with E-state index in [0.29, 0.717) is 16.0 Å². The highest BCUT2D eigenvalue weighted by atomic mass is 35.5. The summed E-state index contributed by atoms with van der Waals surface area (Å²) in [5.41, 5.74) is 1.39. The smallest absolute Gasteiger partial charge is 0.0595 e. The Morgan fingerprint density at radius 2 is 2.05 bits per heavy atom. The molecule has 4 atom stereocenters. The Kier molecular flexibility index (Phi) is 5.10. The number of benzene rings is 1. The second-order valence-electron chi connectivity index (χ2n) is 6.30. The molecule has 2 unspecified atom stereocenters. The lowest BCUT2D eigenvalue weighted by Crippen LogP contribution is -2.46. The van der Waals surface area contributed by atoms with Crippen LogP contribution in [-0.2, 0) is 0 Å². The Morgan fingerprint density at radius 1 is 1.24 bits per heavy atom. The van der Waals surface area contributed by atoms with E-state index in [2.05, 4.69) is 42.8 Å². The molecule has 0 saturated carbocycles. The molecule has 2 aliphatic rings. The maximum atomic E-state index is 6.25. The maximum absolute atomic E-state index is 6.25. The minimum atomic E-state index is 0.632. The van der Waals surface area contributed by atoms with Crippen molar-refractivity contribution in [3.63, 3.8) is 0 Å². The van der Waals surface area contributed by atoms with Gasteiger partial charge in [0, 0.05) is 12.1 Å². The van der Waals surface area contributed by atoms with Gasteiger partial charge in [0.2, 0.25) is 0 Å². The van der Waals surface area contributed by atoms with Gasteiger partial charge in [0.15, 0.2) is 0 Å². The second-order valence-corrected chi connectivity index (χ2v) is 8.44. The summed E-state index contributed by atoms with van der Waals surface area (Å²) in [5, 5.41) is 1.36. The number of hydrogen-bond acceptors (Lipinski definition) is 2. The number of piperidine rings is 1. The zero-order valence-corrected chi connectivity index (χ0v) is 15.0. The van der Waals surface area contributed by atoms with Crippen LogP contribution in [0.3, 0.4) is 0 Å². The zero-order chi connectivity index (χ0) is 15.0. The molecule has 0 aliphatic carbocycles. The van der Waals surface area contributed by atoms with Gasteiger partial charge in [-0.15, -0.1) is 0 Å². The molecule has 2 fully saturated rings. The predicted molar refractivity (Wildman–Crippen MR) is 94.9 cm³/mol. The maximum Gasteiger partial charge on any atom is 0.0595 e. The lowest BCUT2D eigenvalue weighted by Gasteiger charge is -2.43. The van der Waals surface area contributed by atoms with Crippen LogP contribution in [0.1, 0.15) is 37.7 Å². The molecule has 0 N–H and O–H groups in total. The van der Waals surface area contributed by atoms with E-state index >= 15 is 0 Å². The van der Waals surface area contributed by atoms with Crippen molar-refractivity contribution in [3.8, 4) is 0 Å². The van der Waals surface area contributed by atoms with Crippen molar-refractivity contribution >= 4 is 35.0 Å². The third-order valence-electron chi connectivity index (χ3n) is 5.32.